The number of carbonyl (C=O) groups excluding carboxylic acids is 1. The van der Waals surface area contributed by atoms with Gasteiger partial charge < -0.3 is 4.90 Å². The van der Waals surface area contributed by atoms with Crippen LogP contribution in [0.2, 0.25) is 0 Å². The summed E-state index contributed by atoms with van der Waals surface area (Å²) in [5.41, 5.74) is 1.13. The molecule has 2 bridgehead atoms. The molecular formula is C21H22N4O. The Morgan fingerprint density at radius 1 is 0.923 bits per heavy atom. The quantitative estimate of drug-likeness (QED) is 0.731. The molecule has 2 aliphatic heterocycles. The maximum atomic E-state index is 13.2. The van der Waals surface area contributed by atoms with E-state index >= 15 is 0 Å². The van der Waals surface area contributed by atoms with Crippen LogP contribution < -0.4 is 0 Å². The molecule has 132 valence electrons. The van der Waals surface area contributed by atoms with Gasteiger partial charge in [-0.3, -0.25) is 4.79 Å². The van der Waals surface area contributed by atoms with Crippen LogP contribution in [0.4, 0.5) is 0 Å². The monoisotopic (exact) mass is 346 g/mol. The maximum absolute atomic E-state index is 13.2. The highest BCUT2D eigenvalue weighted by molar-refractivity contribution is 5.90. The van der Waals surface area contributed by atoms with Crippen molar-refractivity contribution in [3.63, 3.8) is 0 Å². The van der Waals surface area contributed by atoms with Crippen LogP contribution in [0.5, 0.6) is 0 Å². The summed E-state index contributed by atoms with van der Waals surface area (Å²) in [6.07, 6.45) is 8.09. The van der Waals surface area contributed by atoms with Crippen molar-refractivity contribution >= 4 is 16.7 Å². The second-order valence-electron chi connectivity index (χ2n) is 7.48. The van der Waals surface area contributed by atoms with E-state index in [1.165, 1.54) is 10.8 Å². The summed E-state index contributed by atoms with van der Waals surface area (Å²) in [7, 11) is 0. The van der Waals surface area contributed by atoms with Crippen LogP contribution in [0.15, 0.2) is 54.9 Å². The standard InChI is InChI=1S/C21H22N4O/c26-21(12-16-6-3-5-15-4-1-2-7-20(15)16)24-17-8-9-18(24)14-19(13-17)25-22-10-11-23-25/h1-7,10-11,17-19H,8-9,12-14H2/t17-,18-/m0/s1. The largest absolute Gasteiger partial charge is 0.336 e. The number of hydrogen-bond donors (Lipinski definition) is 0. The Balaban J connectivity index is 1.36. The van der Waals surface area contributed by atoms with Gasteiger partial charge in [0.1, 0.15) is 0 Å². The van der Waals surface area contributed by atoms with Crippen LogP contribution in [-0.2, 0) is 11.2 Å². The van der Waals surface area contributed by atoms with Gasteiger partial charge in [-0.15, -0.1) is 0 Å². The Kier molecular flexibility index (Phi) is 3.73. The summed E-state index contributed by atoms with van der Waals surface area (Å²) >= 11 is 0. The van der Waals surface area contributed by atoms with E-state index < -0.39 is 0 Å². The average molecular weight is 346 g/mol. The van der Waals surface area contributed by atoms with E-state index in [2.05, 4.69) is 45.4 Å². The Morgan fingerprint density at radius 3 is 2.38 bits per heavy atom. The molecule has 1 amide bonds. The molecule has 0 N–H and O–H groups in total. The van der Waals surface area contributed by atoms with Crippen LogP contribution >= 0.6 is 0 Å². The first-order valence-corrected chi connectivity index (χ1v) is 9.43. The second kappa shape index (κ2) is 6.24. The van der Waals surface area contributed by atoms with E-state index in [1.54, 1.807) is 12.4 Å². The number of carbonyl (C=O) groups is 1. The van der Waals surface area contributed by atoms with Crippen LogP contribution in [0.3, 0.4) is 0 Å². The zero-order chi connectivity index (χ0) is 17.5. The van der Waals surface area contributed by atoms with Gasteiger partial charge in [-0.25, -0.2) is 0 Å². The maximum Gasteiger partial charge on any atom is 0.227 e. The van der Waals surface area contributed by atoms with Gasteiger partial charge in [0, 0.05) is 12.1 Å². The third kappa shape index (κ3) is 2.59. The second-order valence-corrected chi connectivity index (χ2v) is 7.48. The van der Waals surface area contributed by atoms with Crippen LogP contribution in [-0.4, -0.2) is 37.9 Å². The van der Waals surface area contributed by atoms with E-state index in [0.29, 0.717) is 24.5 Å². The zero-order valence-corrected chi connectivity index (χ0v) is 14.7. The number of fused-ring (bicyclic) bond motifs is 3. The SMILES string of the molecule is O=C(Cc1cccc2ccccc12)N1[C@H]2CC[C@H]1CC(n1nccn1)C2. The molecule has 1 aromatic heterocycles. The minimum absolute atomic E-state index is 0.265. The van der Waals surface area contributed by atoms with E-state index in [1.807, 2.05) is 16.9 Å². The third-order valence-corrected chi connectivity index (χ3v) is 5.98. The Hall–Kier alpha value is -2.69. The molecule has 0 aliphatic carbocycles. The molecule has 0 radical (unpaired) electrons. The Morgan fingerprint density at radius 2 is 1.62 bits per heavy atom. The van der Waals surface area contributed by atoms with Gasteiger partial charge in [0.25, 0.3) is 0 Å². The van der Waals surface area contributed by atoms with Gasteiger partial charge in [-0.1, -0.05) is 42.5 Å². The normalized spacial score (nSPS) is 24.9. The van der Waals surface area contributed by atoms with Gasteiger partial charge in [-0.2, -0.15) is 15.0 Å². The van der Waals surface area contributed by atoms with Gasteiger partial charge >= 0.3 is 0 Å². The number of aromatic nitrogens is 3. The highest BCUT2D eigenvalue weighted by atomic mass is 16.2. The van der Waals surface area contributed by atoms with Crippen molar-refractivity contribution in [3.8, 4) is 0 Å². The molecule has 5 heteroatoms. The Labute approximate surface area is 152 Å². The van der Waals surface area contributed by atoms with Crippen molar-refractivity contribution < 1.29 is 4.79 Å². The molecule has 2 fully saturated rings. The zero-order valence-electron chi connectivity index (χ0n) is 14.7. The van der Waals surface area contributed by atoms with Crippen molar-refractivity contribution in [2.45, 2.75) is 50.2 Å². The van der Waals surface area contributed by atoms with Gasteiger partial charge in [0.2, 0.25) is 5.91 Å². The van der Waals surface area contributed by atoms with Crippen molar-refractivity contribution in [1.29, 1.82) is 0 Å². The van der Waals surface area contributed by atoms with Gasteiger partial charge in [0.15, 0.2) is 0 Å². The summed E-state index contributed by atoms with van der Waals surface area (Å²) < 4.78 is 0. The van der Waals surface area contributed by atoms with Gasteiger partial charge in [0.05, 0.1) is 24.9 Å². The van der Waals surface area contributed by atoms with Crippen LogP contribution in [0, 0.1) is 0 Å². The fourth-order valence-electron chi connectivity index (χ4n) is 4.86. The highest BCUT2D eigenvalue weighted by Gasteiger charge is 2.44. The molecule has 5 nitrogen and oxygen atoms in total. The minimum atomic E-state index is 0.265. The topological polar surface area (TPSA) is 51.0 Å². The smallest absolute Gasteiger partial charge is 0.227 e. The third-order valence-electron chi connectivity index (χ3n) is 5.98. The predicted molar refractivity (Wildman–Crippen MR) is 99.6 cm³/mol. The van der Waals surface area contributed by atoms with Gasteiger partial charge in [-0.05, 0) is 42.0 Å². The first-order valence-electron chi connectivity index (χ1n) is 9.43. The summed E-state index contributed by atoms with van der Waals surface area (Å²) in [5.74, 6) is 0.265. The van der Waals surface area contributed by atoms with E-state index in [9.17, 15) is 4.79 Å². The lowest BCUT2D eigenvalue weighted by atomic mass is 9.96. The summed E-state index contributed by atoms with van der Waals surface area (Å²) in [5, 5.41) is 11.0. The fourth-order valence-corrected chi connectivity index (χ4v) is 4.86. The minimum Gasteiger partial charge on any atom is -0.336 e. The average Bonchev–Trinajstić information content (AvgIpc) is 3.29. The van der Waals surface area contributed by atoms with E-state index in [0.717, 1.165) is 31.2 Å². The summed E-state index contributed by atoms with van der Waals surface area (Å²) in [6, 6.07) is 15.5. The number of benzene rings is 2. The number of rotatable bonds is 3. The number of amides is 1. The molecule has 2 aliphatic rings. The molecule has 26 heavy (non-hydrogen) atoms. The molecule has 2 saturated heterocycles. The lowest BCUT2D eigenvalue weighted by Gasteiger charge is -2.38. The summed E-state index contributed by atoms with van der Waals surface area (Å²) in [4.78, 5) is 17.2. The van der Waals surface area contributed by atoms with Crippen LogP contribution in [0.1, 0.15) is 37.3 Å². The van der Waals surface area contributed by atoms with Crippen LogP contribution in [0.25, 0.3) is 10.8 Å². The first-order chi connectivity index (χ1) is 12.8. The number of hydrogen-bond acceptors (Lipinski definition) is 3. The van der Waals surface area contributed by atoms with Crippen molar-refractivity contribution in [2.24, 2.45) is 0 Å². The predicted octanol–water partition coefficient (Wildman–Crippen LogP) is 3.37. The number of piperidine rings is 1. The van der Waals surface area contributed by atoms with E-state index in [4.69, 9.17) is 0 Å². The molecule has 2 atom stereocenters. The molecule has 0 unspecified atom stereocenters. The fraction of sp³-hybridized carbons (Fsp3) is 0.381. The van der Waals surface area contributed by atoms with Crippen molar-refractivity contribution in [2.75, 3.05) is 0 Å². The lowest BCUT2D eigenvalue weighted by Crippen LogP contribution is -2.47. The molecule has 3 aromatic rings. The molecule has 0 saturated carbocycles. The van der Waals surface area contributed by atoms with Crippen molar-refractivity contribution in [1.82, 2.24) is 19.9 Å². The molecular weight excluding hydrogens is 324 g/mol. The lowest BCUT2D eigenvalue weighted by molar-refractivity contribution is -0.135. The van der Waals surface area contributed by atoms with Crippen molar-refractivity contribution in [3.05, 3.63) is 60.4 Å². The molecule has 2 aromatic carbocycles. The summed E-state index contributed by atoms with van der Waals surface area (Å²) in [6.45, 7) is 0. The number of nitrogens with zero attached hydrogens (tertiary/aromatic N) is 4. The highest BCUT2D eigenvalue weighted by Crippen LogP contribution is 2.40. The first kappa shape index (κ1) is 15.6. The molecule has 3 heterocycles. The van der Waals surface area contributed by atoms with E-state index in [-0.39, 0.29) is 5.91 Å². The Bertz CT molecular complexity index is 917. The molecule has 5 rings (SSSR count). The molecule has 0 spiro atoms.